The number of rotatable bonds is 5. The highest BCUT2D eigenvalue weighted by atomic mass is 16.1. The van der Waals surface area contributed by atoms with Gasteiger partial charge in [0.2, 0.25) is 5.91 Å². The Kier molecular flexibility index (Phi) is 6.11. The van der Waals surface area contributed by atoms with Crippen molar-refractivity contribution in [3.05, 3.63) is 97.3 Å². The van der Waals surface area contributed by atoms with E-state index in [1.54, 1.807) is 6.33 Å². The summed E-state index contributed by atoms with van der Waals surface area (Å²) in [5.41, 5.74) is 4.99. The van der Waals surface area contributed by atoms with Gasteiger partial charge in [0, 0.05) is 41.9 Å². The minimum absolute atomic E-state index is 0.0134. The number of hydrogen-bond acceptors (Lipinski definition) is 4. The monoisotopic (exact) mass is 434 g/mol. The SMILES string of the molecule is O=C(Nc1ccccc1-c1ccccc1)C1CCN(c2cc(-c3ccccc3)ncn2)CC1. The van der Waals surface area contributed by atoms with Crippen LogP contribution < -0.4 is 10.2 Å². The zero-order valence-corrected chi connectivity index (χ0v) is 18.4. The lowest BCUT2D eigenvalue weighted by Gasteiger charge is -2.32. The van der Waals surface area contributed by atoms with Crippen LogP contribution in [-0.4, -0.2) is 29.0 Å². The van der Waals surface area contributed by atoms with E-state index in [2.05, 4.69) is 44.5 Å². The molecule has 5 heteroatoms. The summed E-state index contributed by atoms with van der Waals surface area (Å²) in [4.78, 5) is 24.2. The number of benzene rings is 3. The van der Waals surface area contributed by atoms with Crippen LogP contribution in [0.4, 0.5) is 11.5 Å². The Labute approximate surface area is 194 Å². The number of nitrogens with zero attached hydrogens (tertiary/aromatic N) is 3. The van der Waals surface area contributed by atoms with Crippen LogP contribution in [-0.2, 0) is 4.79 Å². The molecule has 1 aliphatic rings. The smallest absolute Gasteiger partial charge is 0.227 e. The van der Waals surface area contributed by atoms with Crippen LogP contribution in [0.5, 0.6) is 0 Å². The second kappa shape index (κ2) is 9.65. The summed E-state index contributed by atoms with van der Waals surface area (Å²) < 4.78 is 0. The van der Waals surface area contributed by atoms with E-state index in [9.17, 15) is 4.79 Å². The maximum absolute atomic E-state index is 13.1. The quantitative estimate of drug-likeness (QED) is 0.440. The highest BCUT2D eigenvalue weighted by Crippen LogP contribution is 2.30. The van der Waals surface area contributed by atoms with Gasteiger partial charge in [-0.1, -0.05) is 78.9 Å². The van der Waals surface area contributed by atoms with E-state index in [0.717, 1.165) is 59.8 Å². The Morgan fingerprint density at radius 2 is 1.42 bits per heavy atom. The van der Waals surface area contributed by atoms with Crippen molar-refractivity contribution in [1.29, 1.82) is 0 Å². The number of nitrogens with one attached hydrogen (secondary N) is 1. The average Bonchev–Trinajstić information content (AvgIpc) is 2.90. The van der Waals surface area contributed by atoms with Gasteiger partial charge in [0.05, 0.1) is 5.69 Å². The number of amides is 1. The fourth-order valence-electron chi connectivity index (χ4n) is 4.35. The molecule has 1 aromatic heterocycles. The Morgan fingerprint density at radius 3 is 2.15 bits per heavy atom. The topological polar surface area (TPSA) is 58.1 Å². The molecule has 1 N–H and O–H groups in total. The molecule has 0 aliphatic carbocycles. The van der Waals surface area contributed by atoms with Crippen molar-refractivity contribution in [2.24, 2.45) is 5.92 Å². The molecule has 0 spiro atoms. The molecule has 0 saturated carbocycles. The van der Waals surface area contributed by atoms with Gasteiger partial charge in [-0.3, -0.25) is 4.79 Å². The first-order valence-corrected chi connectivity index (χ1v) is 11.4. The molecule has 33 heavy (non-hydrogen) atoms. The van der Waals surface area contributed by atoms with E-state index in [4.69, 9.17) is 0 Å². The number of carbonyl (C=O) groups is 1. The van der Waals surface area contributed by atoms with E-state index in [0.29, 0.717) is 0 Å². The summed E-state index contributed by atoms with van der Waals surface area (Å²) in [6.07, 6.45) is 3.21. The van der Waals surface area contributed by atoms with Crippen molar-refractivity contribution in [2.75, 3.05) is 23.3 Å². The largest absolute Gasteiger partial charge is 0.356 e. The van der Waals surface area contributed by atoms with Crippen LogP contribution in [0, 0.1) is 5.92 Å². The molecule has 5 rings (SSSR count). The lowest BCUT2D eigenvalue weighted by Crippen LogP contribution is -2.38. The van der Waals surface area contributed by atoms with Crippen LogP contribution in [0.3, 0.4) is 0 Å². The number of carbonyl (C=O) groups excluding carboxylic acids is 1. The molecule has 1 amide bonds. The standard InChI is InChI=1S/C28H26N4O/c33-28(31-25-14-8-7-13-24(25)21-9-3-1-4-10-21)23-15-17-32(18-16-23)27-19-26(29-20-30-27)22-11-5-2-6-12-22/h1-14,19-20,23H,15-18H2,(H,31,33). The minimum atomic E-state index is -0.0134. The third-order valence-electron chi connectivity index (χ3n) is 6.18. The number of para-hydroxylation sites is 1. The lowest BCUT2D eigenvalue weighted by atomic mass is 9.95. The van der Waals surface area contributed by atoms with Crippen molar-refractivity contribution in [1.82, 2.24) is 9.97 Å². The summed E-state index contributed by atoms with van der Waals surface area (Å²) in [5, 5.41) is 3.18. The normalized spacial score (nSPS) is 14.1. The van der Waals surface area contributed by atoms with Crippen molar-refractivity contribution in [3.8, 4) is 22.4 Å². The molecular formula is C28H26N4O. The second-order valence-electron chi connectivity index (χ2n) is 8.29. The van der Waals surface area contributed by atoms with Gasteiger partial charge in [-0.2, -0.15) is 0 Å². The summed E-state index contributed by atoms with van der Waals surface area (Å²) in [5.74, 6) is 0.989. The first kappa shape index (κ1) is 20.9. The van der Waals surface area contributed by atoms with E-state index in [1.807, 2.05) is 66.7 Å². The molecule has 1 aliphatic heterocycles. The molecule has 3 aromatic carbocycles. The van der Waals surface area contributed by atoms with Crippen LogP contribution in [0.15, 0.2) is 97.3 Å². The number of piperidine rings is 1. The number of hydrogen-bond donors (Lipinski definition) is 1. The molecule has 5 nitrogen and oxygen atoms in total. The number of aromatic nitrogens is 2. The van der Waals surface area contributed by atoms with Gasteiger partial charge < -0.3 is 10.2 Å². The van der Waals surface area contributed by atoms with Gasteiger partial charge >= 0.3 is 0 Å². The number of anilines is 2. The van der Waals surface area contributed by atoms with Crippen LogP contribution in [0.1, 0.15) is 12.8 Å². The second-order valence-corrected chi connectivity index (χ2v) is 8.29. The third kappa shape index (κ3) is 4.77. The highest BCUT2D eigenvalue weighted by molar-refractivity contribution is 5.96. The molecule has 4 aromatic rings. The molecule has 0 bridgehead atoms. The molecule has 2 heterocycles. The van der Waals surface area contributed by atoms with E-state index < -0.39 is 0 Å². The van der Waals surface area contributed by atoms with E-state index >= 15 is 0 Å². The Balaban J connectivity index is 1.24. The first-order chi connectivity index (χ1) is 16.3. The highest BCUT2D eigenvalue weighted by Gasteiger charge is 2.26. The van der Waals surface area contributed by atoms with Gasteiger partial charge in [0.1, 0.15) is 12.1 Å². The van der Waals surface area contributed by atoms with Crippen LogP contribution in [0.2, 0.25) is 0 Å². The van der Waals surface area contributed by atoms with Crippen molar-refractivity contribution in [2.45, 2.75) is 12.8 Å². The minimum Gasteiger partial charge on any atom is -0.356 e. The van der Waals surface area contributed by atoms with Crippen molar-refractivity contribution < 1.29 is 4.79 Å². The maximum atomic E-state index is 13.1. The fourth-order valence-corrected chi connectivity index (χ4v) is 4.35. The van der Waals surface area contributed by atoms with Gasteiger partial charge in [-0.15, -0.1) is 0 Å². The van der Waals surface area contributed by atoms with Crippen molar-refractivity contribution in [3.63, 3.8) is 0 Å². The average molecular weight is 435 g/mol. The molecule has 0 atom stereocenters. The first-order valence-electron chi connectivity index (χ1n) is 11.4. The fraction of sp³-hybridized carbons (Fsp3) is 0.179. The van der Waals surface area contributed by atoms with Gasteiger partial charge in [0.15, 0.2) is 0 Å². The third-order valence-corrected chi connectivity index (χ3v) is 6.18. The Morgan fingerprint density at radius 1 is 0.788 bits per heavy atom. The molecular weight excluding hydrogens is 408 g/mol. The molecule has 0 radical (unpaired) electrons. The summed E-state index contributed by atoms with van der Waals surface area (Å²) in [6, 6.07) is 30.3. The van der Waals surface area contributed by atoms with Crippen LogP contribution in [0.25, 0.3) is 22.4 Å². The maximum Gasteiger partial charge on any atom is 0.227 e. The predicted molar refractivity (Wildman–Crippen MR) is 133 cm³/mol. The summed E-state index contributed by atoms with van der Waals surface area (Å²) in [7, 11) is 0. The molecule has 164 valence electrons. The van der Waals surface area contributed by atoms with E-state index in [1.165, 1.54) is 0 Å². The Bertz CT molecular complexity index is 1220. The zero-order valence-electron chi connectivity index (χ0n) is 18.4. The van der Waals surface area contributed by atoms with Crippen LogP contribution >= 0.6 is 0 Å². The van der Waals surface area contributed by atoms with Gasteiger partial charge in [-0.05, 0) is 24.5 Å². The summed E-state index contributed by atoms with van der Waals surface area (Å²) in [6.45, 7) is 1.59. The van der Waals surface area contributed by atoms with Gasteiger partial charge in [-0.25, -0.2) is 9.97 Å². The summed E-state index contributed by atoms with van der Waals surface area (Å²) >= 11 is 0. The van der Waals surface area contributed by atoms with Crippen molar-refractivity contribution >= 4 is 17.4 Å². The lowest BCUT2D eigenvalue weighted by molar-refractivity contribution is -0.120. The predicted octanol–water partition coefficient (Wildman–Crippen LogP) is 5.67. The zero-order chi connectivity index (χ0) is 22.5. The van der Waals surface area contributed by atoms with Gasteiger partial charge in [0.25, 0.3) is 0 Å². The Hall–Kier alpha value is -3.99. The molecule has 0 unspecified atom stereocenters. The van der Waals surface area contributed by atoms with E-state index in [-0.39, 0.29) is 11.8 Å². The molecule has 1 fully saturated rings. The molecule has 1 saturated heterocycles.